The molecule has 76 valence electrons. The van der Waals surface area contributed by atoms with Crippen LogP contribution in [0.1, 0.15) is 0 Å². The molecule has 0 atom stereocenters. The molecule has 0 radical (unpaired) electrons. The monoisotopic (exact) mass is 207 g/mol. The Balaban J connectivity index is 2.65. The molecule has 13 heavy (non-hydrogen) atoms. The van der Waals surface area contributed by atoms with Gasteiger partial charge in [-0.2, -0.15) is 4.31 Å². The van der Waals surface area contributed by atoms with Crippen molar-refractivity contribution in [3.8, 4) is 0 Å². The van der Waals surface area contributed by atoms with E-state index in [9.17, 15) is 13.2 Å². The number of piperazine rings is 1. The zero-order valence-corrected chi connectivity index (χ0v) is 8.01. The molecule has 0 aliphatic carbocycles. The van der Waals surface area contributed by atoms with Crippen molar-refractivity contribution in [2.24, 2.45) is 5.73 Å². The van der Waals surface area contributed by atoms with Crippen LogP contribution in [0.15, 0.2) is 0 Å². The Morgan fingerprint density at radius 3 is 2.77 bits per heavy atom. The van der Waals surface area contributed by atoms with Crippen molar-refractivity contribution in [3.63, 3.8) is 0 Å². The summed E-state index contributed by atoms with van der Waals surface area (Å²) in [5.74, 6) is -0.354. The summed E-state index contributed by atoms with van der Waals surface area (Å²) in [5.41, 5.74) is 5.15. The third kappa shape index (κ3) is 2.64. The van der Waals surface area contributed by atoms with E-state index in [2.05, 4.69) is 5.32 Å². The highest BCUT2D eigenvalue weighted by Crippen LogP contribution is 2.02. The maximum absolute atomic E-state index is 11.4. The summed E-state index contributed by atoms with van der Waals surface area (Å²) in [6.45, 7) is 0.722. The van der Waals surface area contributed by atoms with Crippen LogP contribution in [0.2, 0.25) is 0 Å². The molecule has 1 heterocycles. The van der Waals surface area contributed by atoms with Crippen molar-refractivity contribution in [1.29, 1.82) is 0 Å². The van der Waals surface area contributed by atoms with Crippen LogP contribution in [0.3, 0.4) is 0 Å². The standard InChI is InChI=1S/C6H13N3O3S/c7-1-4-13(11,12)9-3-2-8-6(10)5-9/h1-5,7H2,(H,8,10). The van der Waals surface area contributed by atoms with Gasteiger partial charge in [0.05, 0.1) is 12.3 Å². The second kappa shape index (κ2) is 4.03. The predicted octanol–water partition coefficient (Wildman–Crippen LogP) is -2.29. The number of rotatable bonds is 3. The second-order valence-electron chi connectivity index (χ2n) is 2.79. The van der Waals surface area contributed by atoms with Crippen LogP contribution < -0.4 is 11.1 Å². The van der Waals surface area contributed by atoms with Gasteiger partial charge < -0.3 is 11.1 Å². The number of carbonyl (C=O) groups is 1. The molecule has 1 rings (SSSR count). The van der Waals surface area contributed by atoms with E-state index < -0.39 is 10.0 Å². The minimum Gasteiger partial charge on any atom is -0.354 e. The SMILES string of the molecule is NCCS(=O)(=O)N1CCNC(=O)C1. The highest BCUT2D eigenvalue weighted by Gasteiger charge is 2.26. The third-order valence-electron chi connectivity index (χ3n) is 1.77. The smallest absolute Gasteiger partial charge is 0.235 e. The minimum absolute atomic E-state index is 0.0810. The molecule has 0 bridgehead atoms. The molecule has 1 amide bonds. The number of nitrogens with two attached hydrogens (primary N) is 1. The number of nitrogens with zero attached hydrogens (tertiary/aromatic N) is 1. The van der Waals surface area contributed by atoms with Gasteiger partial charge in [-0.1, -0.05) is 0 Å². The van der Waals surface area contributed by atoms with Gasteiger partial charge in [-0.3, -0.25) is 4.79 Å². The molecule has 1 saturated heterocycles. The number of hydrogen-bond acceptors (Lipinski definition) is 4. The van der Waals surface area contributed by atoms with E-state index in [4.69, 9.17) is 5.73 Å². The summed E-state index contributed by atoms with van der Waals surface area (Å²) >= 11 is 0. The minimum atomic E-state index is -3.32. The topological polar surface area (TPSA) is 92.5 Å². The lowest BCUT2D eigenvalue weighted by Gasteiger charge is -2.25. The van der Waals surface area contributed by atoms with Crippen molar-refractivity contribution in [3.05, 3.63) is 0 Å². The van der Waals surface area contributed by atoms with E-state index in [1.165, 1.54) is 4.31 Å². The average molecular weight is 207 g/mol. The average Bonchev–Trinajstić information content (AvgIpc) is 2.04. The zero-order chi connectivity index (χ0) is 9.90. The first-order valence-corrected chi connectivity index (χ1v) is 5.62. The molecule has 6 nitrogen and oxygen atoms in total. The van der Waals surface area contributed by atoms with Gasteiger partial charge in [-0.25, -0.2) is 8.42 Å². The molecular formula is C6H13N3O3S. The second-order valence-corrected chi connectivity index (χ2v) is 4.88. The van der Waals surface area contributed by atoms with Gasteiger partial charge in [-0.05, 0) is 0 Å². The van der Waals surface area contributed by atoms with Crippen LogP contribution >= 0.6 is 0 Å². The van der Waals surface area contributed by atoms with Crippen LogP contribution in [0.5, 0.6) is 0 Å². The summed E-state index contributed by atoms with van der Waals surface area (Å²) in [5, 5.41) is 2.55. The lowest BCUT2D eigenvalue weighted by Crippen LogP contribution is -2.50. The molecule has 0 unspecified atom stereocenters. The Morgan fingerprint density at radius 2 is 2.23 bits per heavy atom. The fourth-order valence-electron chi connectivity index (χ4n) is 1.13. The van der Waals surface area contributed by atoms with Gasteiger partial charge >= 0.3 is 0 Å². The number of nitrogens with one attached hydrogen (secondary N) is 1. The number of carbonyl (C=O) groups excluding carboxylic acids is 1. The van der Waals surface area contributed by atoms with Crippen LogP contribution in [0, 0.1) is 0 Å². The molecule has 0 aromatic carbocycles. The molecule has 0 aromatic heterocycles. The van der Waals surface area contributed by atoms with Crippen molar-refractivity contribution >= 4 is 15.9 Å². The lowest BCUT2D eigenvalue weighted by atomic mass is 10.4. The molecule has 1 aliphatic heterocycles. The highest BCUT2D eigenvalue weighted by atomic mass is 32.2. The summed E-state index contributed by atoms with van der Waals surface area (Å²) in [6, 6.07) is 0. The van der Waals surface area contributed by atoms with Gasteiger partial charge in [0.2, 0.25) is 15.9 Å². The quantitative estimate of drug-likeness (QED) is 0.544. The number of amides is 1. The van der Waals surface area contributed by atoms with Crippen molar-refractivity contribution < 1.29 is 13.2 Å². The van der Waals surface area contributed by atoms with Gasteiger partial charge in [0.15, 0.2) is 0 Å². The lowest BCUT2D eigenvalue weighted by molar-refractivity contribution is -0.122. The largest absolute Gasteiger partial charge is 0.354 e. The predicted molar refractivity (Wildman–Crippen MR) is 47.4 cm³/mol. The summed E-state index contributed by atoms with van der Waals surface area (Å²) in [4.78, 5) is 10.9. The van der Waals surface area contributed by atoms with Crippen LogP contribution in [0.25, 0.3) is 0 Å². The van der Waals surface area contributed by atoms with Crippen molar-refractivity contribution in [1.82, 2.24) is 9.62 Å². The normalized spacial score (nSPS) is 19.9. The van der Waals surface area contributed by atoms with Gasteiger partial charge in [0, 0.05) is 19.6 Å². The third-order valence-corrected chi connectivity index (χ3v) is 3.62. The fraction of sp³-hybridized carbons (Fsp3) is 0.833. The first-order chi connectivity index (χ1) is 6.06. The first kappa shape index (κ1) is 10.4. The molecule has 0 spiro atoms. The number of sulfonamides is 1. The van der Waals surface area contributed by atoms with E-state index in [0.29, 0.717) is 13.1 Å². The van der Waals surface area contributed by atoms with Gasteiger partial charge in [-0.15, -0.1) is 0 Å². The highest BCUT2D eigenvalue weighted by molar-refractivity contribution is 7.89. The van der Waals surface area contributed by atoms with Crippen molar-refractivity contribution in [2.75, 3.05) is 31.9 Å². The summed E-state index contributed by atoms with van der Waals surface area (Å²) in [6.07, 6.45) is 0. The first-order valence-electron chi connectivity index (χ1n) is 4.01. The molecular weight excluding hydrogens is 194 g/mol. The zero-order valence-electron chi connectivity index (χ0n) is 7.19. The van der Waals surface area contributed by atoms with E-state index >= 15 is 0 Å². The van der Waals surface area contributed by atoms with Gasteiger partial charge in [0.25, 0.3) is 0 Å². The Morgan fingerprint density at radius 1 is 1.54 bits per heavy atom. The Hall–Kier alpha value is -0.660. The maximum Gasteiger partial charge on any atom is 0.235 e. The maximum atomic E-state index is 11.4. The van der Waals surface area contributed by atoms with E-state index in [-0.39, 0.29) is 24.7 Å². The fourth-order valence-corrected chi connectivity index (χ4v) is 2.37. The Labute approximate surface area is 77.1 Å². The molecule has 0 aromatic rings. The molecule has 7 heteroatoms. The Bertz CT molecular complexity index is 287. The molecule has 1 fully saturated rings. The van der Waals surface area contributed by atoms with Crippen LogP contribution in [0.4, 0.5) is 0 Å². The van der Waals surface area contributed by atoms with Crippen LogP contribution in [-0.4, -0.2) is 50.6 Å². The van der Waals surface area contributed by atoms with Crippen molar-refractivity contribution in [2.45, 2.75) is 0 Å². The van der Waals surface area contributed by atoms with Gasteiger partial charge in [0.1, 0.15) is 0 Å². The van der Waals surface area contributed by atoms with Crippen LogP contribution in [-0.2, 0) is 14.8 Å². The molecule has 0 saturated carbocycles. The molecule has 3 N–H and O–H groups in total. The Kier molecular flexibility index (Phi) is 3.23. The molecule has 1 aliphatic rings. The summed E-state index contributed by atoms with van der Waals surface area (Å²) in [7, 11) is -3.32. The van der Waals surface area contributed by atoms with E-state index in [0.717, 1.165) is 0 Å². The number of hydrogen-bond donors (Lipinski definition) is 2. The van der Waals surface area contributed by atoms with E-state index in [1.54, 1.807) is 0 Å². The summed E-state index contributed by atoms with van der Waals surface area (Å²) < 4.78 is 24.0. The van der Waals surface area contributed by atoms with E-state index in [1.807, 2.05) is 0 Å².